The van der Waals surface area contributed by atoms with Crippen molar-refractivity contribution >= 4 is 11.6 Å². The minimum Gasteiger partial charge on any atom is -0.370 e. The van der Waals surface area contributed by atoms with Gasteiger partial charge in [-0.05, 0) is 5.57 Å². The van der Waals surface area contributed by atoms with Crippen molar-refractivity contribution in [1.29, 1.82) is 0 Å². The first kappa shape index (κ1) is 13.6. The van der Waals surface area contributed by atoms with E-state index in [2.05, 4.69) is 11.3 Å². The Balaban J connectivity index is 3.95. The van der Waals surface area contributed by atoms with Gasteiger partial charge in [0.05, 0.1) is 6.61 Å². The van der Waals surface area contributed by atoms with E-state index in [4.69, 9.17) is 11.6 Å². The van der Waals surface area contributed by atoms with Gasteiger partial charge in [-0.3, -0.25) is 0 Å². The van der Waals surface area contributed by atoms with Gasteiger partial charge in [-0.25, -0.2) is 0 Å². The average Bonchev–Trinajstić information content (AvgIpc) is 2.01. The van der Waals surface area contributed by atoms with Gasteiger partial charge >= 0.3 is 12.1 Å². The molecule has 0 aromatic rings. The number of halogens is 6. The van der Waals surface area contributed by atoms with Gasteiger partial charge in [0.1, 0.15) is 6.61 Å². The van der Waals surface area contributed by atoms with Crippen LogP contribution in [0.15, 0.2) is 12.2 Å². The Morgan fingerprint density at radius 3 is 2.07 bits per heavy atom. The fourth-order valence-electron chi connectivity index (χ4n) is 0.444. The van der Waals surface area contributed by atoms with Crippen LogP contribution in [0.4, 0.5) is 22.0 Å². The van der Waals surface area contributed by atoms with Crippen molar-refractivity contribution in [3.8, 4) is 0 Å². The number of ether oxygens (including phenoxy) is 1. The summed E-state index contributed by atoms with van der Waals surface area (Å²) in [7, 11) is 0. The Hall–Kier alpha value is -0.360. The lowest BCUT2D eigenvalue weighted by Gasteiger charge is -2.19. The molecule has 0 atom stereocenters. The Labute approximate surface area is 82.5 Å². The summed E-state index contributed by atoms with van der Waals surface area (Å²) in [6, 6.07) is 0. The molecule has 1 nitrogen and oxygen atoms in total. The van der Waals surface area contributed by atoms with Gasteiger partial charge in [-0.1, -0.05) is 6.58 Å². The van der Waals surface area contributed by atoms with Crippen LogP contribution in [0.1, 0.15) is 0 Å². The highest BCUT2D eigenvalue weighted by Crippen LogP contribution is 2.35. The molecular weight excluding hydrogens is 231 g/mol. The van der Waals surface area contributed by atoms with E-state index in [1.54, 1.807) is 0 Å². The molecule has 0 fully saturated rings. The average molecular weight is 239 g/mol. The zero-order chi connectivity index (χ0) is 11.4. The van der Waals surface area contributed by atoms with Crippen LogP contribution < -0.4 is 0 Å². The van der Waals surface area contributed by atoms with Gasteiger partial charge in [0, 0.05) is 5.88 Å². The molecule has 0 aliphatic rings. The lowest BCUT2D eigenvalue weighted by atomic mass is 10.3. The number of rotatable bonds is 5. The van der Waals surface area contributed by atoms with Crippen molar-refractivity contribution in [3.63, 3.8) is 0 Å². The van der Waals surface area contributed by atoms with Gasteiger partial charge < -0.3 is 4.74 Å². The van der Waals surface area contributed by atoms with Gasteiger partial charge in [0.25, 0.3) is 0 Å². The highest BCUT2D eigenvalue weighted by Gasteiger charge is 2.57. The molecule has 0 radical (unpaired) electrons. The SMILES string of the molecule is C=C(CCl)COCC(F)(F)C(F)(F)F. The van der Waals surface area contributed by atoms with Crippen molar-refractivity contribution in [2.45, 2.75) is 12.1 Å². The van der Waals surface area contributed by atoms with Crippen molar-refractivity contribution in [2.75, 3.05) is 19.1 Å². The van der Waals surface area contributed by atoms with E-state index < -0.39 is 25.3 Å². The monoisotopic (exact) mass is 238 g/mol. The molecule has 0 saturated carbocycles. The van der Waals surface area contributed by atoms with Gasteiger partial charge in [0.15, 0.2) is 0 Å². The van der Waals surface area contributed by atoms with Crippen LogP contribution >= 0.6 is 11.6 Å². The maximum absolute atomic E-state index is 12.2. The Bertz CT molecular complexity index is 201. The molecule has 0 aliphatic heterocycles. The summed E-state index contributed by atoms with van der Waals surface area (Å²) in [5.41, 5.74) is 0.240. The molecule has 0 N–H and O–H groups in total. The fraction of sp³-hybridized carbons (Fsp3) is 0.714. The molecule has 7 heteroatoms. The molecule has 0 heterocycles. The molecule has 14 heavy (non-hydrogen) atoms. The number of hydrogen-bond acceptors (Lipinski definition) is 1. The van der Waals surface area contributed by atoms with E-state index in [1.165, 1.54) is 0 Å². The maximum Gasteiger partial charge on any atom is 0.455 e. The Kier molecular flexibility index (Phi) is 4.80. The first-order valence-corrected chi connectivity index (χ1v) is 3.99. The third-order valence-corrected chi connectivity index (χ3v) is 1.57. The van der Waals surface area contributed by atoms with Crippen LogP contribution in [0.3, 0.4) is 0 Å². The normalized spacial score (nSPS) is 13.0. The molecule has 0 saturated heterocycles. The summed E-state index contributed by atoms with van der Waals surface area (Å²) in [6.45, 7) is 1.15. The predicted molar refractivity (Wildman–Crippen MR) is 41.7 cm³/mol. The number of alkyl halides is 6. The van der Waals surface area contributed by atoms with Crippen molar-refractivity contribution in [2.24, 2.45) is 0 Å². The van der Waals surface area contributed by atoms with Crippen LogP contribution in [-0.2, 0) is 4.74 Å². The first-order chi connectivity index (χ1) is 6.20. The lowest BCUT2D eigenvalue weighted by molar-refractivity contribution is -0.296. The summed E-state index contributed by atoms with van der Waals surface area (Å²) in [6.07, 6.45) is -5.59. The Morgan fingerprint density at radius 2 is 1.71 bits per heavy atom. The first-order valence-electron chi connectivity index (χ1n) is 3.45. The quantitative estimate of drug-likeness (QED) is 0.406. The molecule has 0 rings (SSSR count). The third kappa shape index (κ3) is 4.23. The standard InChI is InChI=1S/C7H8ClF5O/c1-5(2-8)3-14-4-6(9,10)7(11,12)13/h1-4H2. The summed E-state index contributed by atoms with van der Waals surface area (Å²) in [4.78, 5) is 0. The topological polar surface area (TPSA) is 9.23 Å². The van der Waals surface area contributed by atoms with Crippen molar-refractivity contribution in [1.82, 2.24) is 0 Å². The smallest absolute Gasteiger partial charge is 0.370 e. The summed E-state index contributed by atoms with van der Waals surface area (Å²) in [5, 5.41) is 0. The zero-order valence-corrected chi connectivity index (χ0v) is 7.76. The molecular formula is C7H8ClF5O. The third-order valence-electron chi connectivity index (χ3n) is 1.19. The van der Waals surface area contributed by atoms with Crippen LogP contribution in [0.5, 0.6) is 0 Å². The van der Waals surface area contributed by atoms with Crippen molar-refractivity contribution in [3.05, 3.63) is 12.2 Å². The van der Waals surface area contributed by atoms with E-state index >= 15 is 0 Å². The van der Waals surface area contributed by atoms with E-state index in [0.29, 0.717) is 0 Å². The van der Waals surface area contributed by atoms with E-state index in [0.717, 1.165) is 0 Å². The molecule has 0 unspecified atom stereocenters. The lowest BCUT2D eigenvalue weighted by Crippen LogP contribution is -2.40. The van der Waals surface area contributed by atoms with E-state index in [-0.39, 0.29) is 11.5 Å². The summed E-state index contributed by atoms with van der Waals surface area (Å²) >= 11 is 5.20. The Morgan fingerprint density at radius 1 is 1.21 bits per heavy atom. The maximum atomic E-state index is 12.2. The summed E-state index contributed by atoms with van der Waals surface area (Å²) < 4.78 is 63.2. The van der Waals surface area contributed by atoms with E-state index in [1.807, 2.05) is 0 Å². The zero-order valence-electron chi connectivity index (χ0n) is 7.00. The minimum absolute atomic E-state index is 0.0441. The van der Waals surface area contributed by atoms with Gasteiger partial charge in [0.2, 0.25) is 0 Å². The molecule has 0 aromatic heterocycles. The van der Waals surface area contributed by atoms with Crippen molar-refractivity contribution < 1.29 is 26.7 Å². The van der Waals surface area contributed by atoms with Crippen LogP contribution in [0.2, 0.25) is 0 Å². The number of hydrogen-bond donors (Lipinski definition) is 0. The predicted octanol–water partition coefficient (Wildman–Crippen LogP) is 3.00. The second kappa shape index (κ2) is 4.93. The molecule has 0 aromatic carbocycles. The second-order valence-electron chi connectivity index (χ2n) is 2.58. The molecule has 0 amide bonds. The van der Waals surface area contributed by atoms with E-state index in [9.17, 15) is 22.0 Å². The van der Waals surface area contributed by atoms with Crippen LogP contribution in [0.25, 0.3) is 0 Å². The highest BCUT2D eigenvalue weighted by atomic mass is 35.5. The molecule has 84 valence electrons. The second-order valence-corrected chi connectivity index (χ2v) is 2.85. The van der Waals surface area contributed by atoms with Gasteiger partial charge in [-0.2, -0.15) is 22.0 Å². The largest absolute Gasteiger partial charge is 0.455 e. The molecule has 0 bridgehead atoms. The molecule has 0 spiro atoms. The van der Waals surface area contributed by atoms with Crippen LogP contribution in [-0.4, -0.2) is 31.2 Å². The molecule has 0 aliphatic carbocycles. The summed E-state index contributed by atoms with van der Waals surface area (Å²) in [5.74, 6) is -4.88. The fourth-order valence-corrected chi connectivity index (χ4v) is 0.521. The van der Waals surface area contributed by atoms with Gasteiger partial charge in [-0.15, -0.1) is 11.6 Å². The highest BCUT2D eigenvalue weighted by molar-refractivity contribution is 6.19. The van der Waals surface area contributed by atoms with Crippen LogP contribution in [0, 0.1) is 0 Å². The minimum atomic E-state index is -5.59.